The van der Waals surface area contributed by atoms with Gasteiger partial charge in [-0.05, 0) is 77.1 Å². The number of hydrogen-bond acceptors (Lipinski definition) is 2. The Morgan fingerprint density at radius 2 is 1.96 bits per heavy atom. The van der Waals surface area contributed by atoms with Crippen LogP contribution in [-0.4, -0.2) is 16.5 Å². The molecule has 4 aliphatic rings. The molecule has 0 bridgehead atoms. The first-order valence-electron chi connectivity index (χ1n) is 9.28. The zero-order valence-corrected chi connectivity index (χ0v) is 16.8. The molecule has 24 heavy (non-hydrogen) atoms. The first-order valence-corrected chi connectivity index (χ1v) is 10.5. The fourth-order valence-corrected chi connectivity index (χ4v) is 7.02. The normalized spacial score (nSPS) is 50.4. The Morgan fingerprint density at radius 1 is 1.21 bits per heavy atom. The van der Waals surface area contributed by atoms with Gasteiger partial charge in [-0.3, -0.25) is 4.79 Å². The number of carbonyl (C=O) groups excluding carboxylic acids is 1. The molecule has 0 spiro atoms. The van der Waals surface area contributed by atoms with Gasteiger partial charge in [0.15, 0.2) is 5.78 Å². The Balaban J connectivity index is 1.74. The van der Waals surface area contributed by atoms with Crippen LogP contribution in [0.1, 0.15) is 52.4 Å². The van der Waals surface area contributed by atoms with Crippen LogP contribution < -0.4 is 0 Å². The predicted octanol–water partition coefficient (Wildman–Crippen LogP) is 4.97. The topological polar surface area (TPSA) is 37.3 Å². The van der Waals surface area contributed by atoms with Gasteiger partial charge < -0.3 is 5.11 Å². The maximum absolute atomic E-state index is 11.9. The number of hydrogen-bond donors (Lipinski definition) is 1. The summed E-state index contributed by atoms with van der Waals surface area (Å²) in [5, 5.41) is 11.3. The second-order valence-corrected chi connectivity index (χ2v) is 9.56. The van der Waals surface area contributed by atoms with Crippen molar-refractivity contribution in [3.8, 4) is 0 Å². The van der Waals surface area contributed by atoms with Crippen molar-refractivity contribution < 1.29 is 9.90 Å². The summed E-state index contributed by atoms with van der Waals surface area (Å²) >= 11 is 2.23. The van der Waals surface area contributed by atoms with Gasteiger partial charge in [0, 0.05) is 11.8 Å². The molecule has 0 saturated heterocycles. The molecule has 3 heteroatoms. The molecule has 4 rings (SSSR count). The van der Waals surface area contributed by atoms with Crippen molar-refractivity contribution >= 4 is 28.4 Å². The summed E-state index contributed by atoms with van der Waals surface area (Å²) in [6, 6.07) is 0. The Bertz CT molecular complexity index is 663. The van der Waals surface area contributed by atoms with Crippen molar-refractivity contribution in [3.63, 3.8) is 0 Å². The highest BCUT2D eigenvalue weighted by Gasteiger charge is 2.62. The molecule has 0 amide bonds. The van der Waals surface area contributed by atoms with E-state index in [1.807, 2.05) is 16.2 Å². The van der Waals surface area contributed by atoms with Gasteiger partial charge in [-0.15, -0.1) is 0 Å². The van der Waals surface area contributed by atoms with E-state index in [9.17, 15) is 9.90 Å². The van der Waals surface area contributed by atoms with E-state index in [-0.39, 0.29) is 16.6 Å². The lowest BCUT2D eigenvalue weighted by atomic mass is 9.48. The van der Waals surface area contributed by atoms with Gasteiger partial charge in [-0.2, -0.15) is 0 Å². The maximum atomic E-state index is 11.9. The third-order valence-electron chi connectivity index (χ3n) is 8.07. The highest BCUT2D eigenvalue weighted by Crippen LogP contribution is 2.66. The van der Waals surface area contributed by atoms with Crippen molar-refractivity contribution in [1.82, 2.24) is 0 Å². The highest BCUT2D eigenvalue weighted by atomic mass is 127. The Morgan fingerprint density at radius 3 is 2.71 bits per heavy atom. The summed E-state index contributed by atoms with van der Waals surface area (Å²) in [4.78, 5) is 11.9. The SMILES string of the molecule is C[C@]12CCC(=O)C=C1C=C[C@@H]1[C@@H]2CC[C@@]2(C)[C@H]1CC[C@@]2(O)/C=C/I. The number of fused-ring (bicyclic) bond motifs is 5. The molecule has 0 aromatic carbocycles. The van der Waals surface area contributed by atoms with Crippen LogP contribution in [0.15, 0.2) is 34.0 Å². The molecule has 130 valence electrons. The van der Waals surface area contributed by atoms with E-state index >= 15 is 0 Å². The summed E-state index contributed by atoms with van der Waals surface area (Å²) in [6.45, 7) is 4.68. The minimum Gasteiger partial charge on any atom is -0.385 e. The van der Waals surface area contributed by atoms with Gasteiger partial charge >= 0.3 is 0 Å². The van der Waals surface area contributed by atoms with E-state index in [1.54, 1.807) is 0 Å². The minimum atomic E-state index is -0.656. The van der Waals surface area contributed by atoms with Crippen molar-refractivity contribution in [2.45, 2.75) is 58.0 Å². The number of carbonyl (C=O) groups is 1. The average molecular weight is 438 g/mol. The molecule has 0 radical (unpaired) electrons. The molecule has 0 aromatic rings. The van der Waals surface area contributed by atoms with Crippen molar-refractivity contribution in [3.05, 3.63) is 34.0 Å². The fraction of sp³-hybridized carbons (Fsp3) is 0.667. The summed E-state index contributed by atoms with van der Waals surface area (Å²) in [5.74, 6) is 1.98. The summed E-state index contributed by atoms with van der Waals surface area (Å²) < 4.78 is 1.99. The lowest BCUT2D eigenvalue weighted by Crippen LogP contribution is -2.53. The first kappa shape index (κ1) is 17.0. The molecule has 4 aliphatic carbocycles. The molecule has 1 N–H and O–H groups in total. The van der Waals surface area contributed by atoms with Gasteiger partial charge in [0.05, 0.1) is 5.60 Å². The average Bonchev–Trinajstić information content (AvgIpc) is 2.80. The smallest absolute Gasteiger partial charge is 0.156 e. The van der Waals surface area contributed by atoms with E-state index in [1.165, 1.54) is 5.57 Å². The van der Waals surface area contributed by atoms with E-state index in [0.717, 1.165) is 32.1 Å². The molecular weight excluding hydrogens is 411 g/mol. The summed E-state index contributed by atoms with van der Waals surface area (Å²) in [7, 11) is 0. The Kier molecular flexibility index (Phi) is 3.93. The molecule has 0 aliphatic heterocycles. The Labute approximate surface area is 158 Å². The Hall–Kier alpha value is -0.420. The van der Waals surface area contributed by atoms with E-state index in [0.29, 0.717) is 24.2 Å². The van der Waals surface area contributed by atoms with Crippen LogP contribution in [0, 0.1) is 28.6 Å². The van der Waals surface area contributed by atoms with Crippen LogP contribution in [0.4, 0.5) is 0 Å². The molecule has 0 unspecified atom stereocenters. The molecular formula is C21H27IO2. The van der Waals surface area contributed by atoms with Crippen LogP contribution in [0.2, 0.25) is 0 Å². The van der Waals surface area contributed by atoms with Gasteiger partial charge in [0.1, 0.15) is 0 Å². The molecule has 2 saturated carbocycles. The molecule has 2 nitrogen and oxygen atoms in total. The number of aliphatic hydroxyl groups is 1. The second kappa shape index (κ2) is 5.54. The largest absolute Gasteiger partial charge is 0.385 e. The third kappa shape index (κ3) is 2.13. The summed E-state index contributed by atoms with van der Waals surface area (Å²) in [6.07, 6.45) is 14.4. The molecule has 6 atom stereocenters. The second-order valence-electron chi connectivity index (χ2n) is 8.84. The molecule has 0 heterocycles. The minimum absolute atomic E-state index is 0.0256. The number of halogens is 1. The van der Waals surface area contributed by atoms with Crippen molar-refractivity contribution in [2.75, 3.05) is 0 Å². The van der Waals surface area contributed by atoms with E-state index < -0.39 is 5.60 Å². The fourth-order valence-electron chi connectivity index (χ4n) is 6.43. The van der Waals surface area contributed by atoms with Gasteiger partial charge in [-0.25, -0.2) is 0 Å². The number of allylic oxidation sites excluding steroid dienone is 4. The summed E-state index contributed by atoms with van der Waals surface area (Å²) in [5.41, 5.74) is 0.720. The van der Waals surface area contributed by atoms with Gasteiger partial charge in [0.2, 0.25) is 0 Å². The van der Waals surface area contributed by atoms with Crippen LogP contribution in [0.3, 0.4) is 0 Å². The van der Waals surface area contributed by atoms with Gasteiger partial charge in [0.25, 0.3) is 0 Å². The first-order chi connectivity index (χ1) is 11.3. The van der Waals surface area contributed by atoms with Crippen molar-refractivity contribution in [2.24, 2.45) is 28.6 Å². The van der Waals surface area contributed by atoms with Crippen LogP contribution in [-0.2, 0) is 4.79 Å². The van der Waals surface area contributed by atoms with Crippen LogP contribution in [0.5, 0.6) is 0 Å². The van der Waals surface area contributed by atoms with Gasteiger partial charge in [-0.1, -0.05) is 48.6 Å². The van der Waals surface area contributed by atoms with Crippen LogP contribution in [0.25, 0.3) is 0 Å². The number of ketones is 1. The monoisotopic (exact) mass is 438 g/mol. The zero-order chi connectivity index (χ0) is 17.2. The molecule has 0 aromatic heterocycles. The van der Waals surface area contributed by atoms with E-state index in [4.69, 9.17) is 0 Å². The van der Waals surface area contributed by atoms with Crippen molar-refractivity contribution in [1.29, 1.82) is 0 Å². The number of rotatable bonds is 1. The van der Waals surface area contributed by atoms with Crippen LogP contribution >= 0.6 is 22.6 Å². The quantitative estimate of drug-likeness (QED) is 0.587. The zero-order valence-electron chi connectivity index (χ0n) is 14.6. The molecule has 2 fully saturated rings. The third-order valence-corrected chi connectivity index (χ3v) is 8.43. The lowest BCUT2D eigenvalue weighted by Gasteiger charge is -2.57. The predicted molar refractivity (Wildman–Crippen MR) is 105 cm³/mol. The standard InChI is InChI=1S/C21H27IO2/c1-19-8-5-15(23)13-14(19)3-4-16-17(19)6-9-20(2)18(16)7-10-21(20,24)11-12-22/h3-4,11-13,16-18,24H,5-10H2,1-2H3/b12-11+/t16-,17+,18+,19+,20+,21-/m1/s1. The maximum Gasteiger partial charge on any atom is 0.156 e. The lowest BCUT2D eigenvalue weighted by molar-refractivity contribution is -0.117. The van der Waals surface area contributed by atoms with E-state index in [2.05, 4.69) is 48.6 Å². The highest BCUT2D eigenvalue weighted by molar-refractivity contribution is 14.1.